The topological polar surface area (TPSA) is 146 Å². The van der Waals surface area contributed by atoms with E-state index in [0.29, 0.717) is 24.6 Å². The molecule has 4 N–H and O–H groups in total. The molecular formula is C41H41N7O5. The van der Waals surface area contributed by atoms with Crippen LogP contribution < -0.4 is 15.4 Å². The number of imidazole rings is 2. The first kappa shape index (κ1) is 33.1. The molecule has 0 radical (unpaired) electrons. The molecule has 53 heavy (non-hydrogen) atoms. The molecule has 2 fully saturated rings. The molecule has 9 rings (SSSR count). The molecule has 6 aromatic rings. The van der Waals surface area contributed by atoms with Gasteiger partial charge in [0.05, 0.1) is 48.7 Å². The van der Waals surface area contributed by atoms with E-state index in [2.05, 4.69) is 57.0 Å². The number of aromatic nitrogens is 4. The van der Waals surface area contributed by atoms with Crippen LogP contribution in [0.1, 0.15) is 60.2 Å². The number of hydrogen-bond acceptors (Lipinski definition) is 8. The number of ether oxygens (including phenoxy) is 3. The van der Waals surface area contributed by atoms with E-state index in [1.807, 2.05) is 47.5 Å². The van der Waals surface area contributed by atoms with Crippen molar-refractivity contribution in [1.29, 1.82) is 0 Å². The van der Waals surface area contributed by atoms with Crippen LogP contribution in [0.2, 0.25) is 0 Å². The third kappa shape index (κ3) is 6.07. The van der Waals surface area contributed by atoms with Gasteiger partial charge in [-0.15, -0.1) is 0 Å². The fourth-order valence-corrected chi connectivity index (χ4v) is 8.26. The zero-order chi connectivity index (χ0) is 36.1. The van der Waals surface area contributed by atoms with Crippen molar-refractivity contribution in [2.75, 3.05) is 33.9 Å². The predicted molar refractivity (Wildman–Crippen MR) is 200 cm³/mol. The van der Waals surface area contributed by atoms with E-state index in [1.54, 1.807) is 7.11 Å². The van der Waals surface area contributed by atoms with Gasteiger partial charge in [0, 0.05) is 31.1 Å². The lowest BCUT2D eigenvalue weighted by molar-refractivity contribution is -0.134. The summed E-state index contributed by atoms with van der Waals surface area (Å²) in [5, 5.41) is 8.33. The van der Waals surface area contributed by atoms with Gasteiger partial charge in [-0.25, -0.2) is 14.8 Å². The Labute approximate surface area is 306 Å². The van der Waals surface area contributed by atoms with Gasteiger partial charge in [-0.05, 0) is 77.1 Å². The van der Waals surface area contributed by atoms with Gasteiger partial charge in [0.15, 0.2) is 0 Å². The molecule has 0 bridgehead atoms. The lowest BCUT2D eigenvalue weighted by Gasteiger charge is -2.28. The lowest BCUT2D eigenvalue weighted by Crippen LogP contribution is -2.42. The number of alkyl carbamates (subject to hydrolysis) is 1. The summed E-state index contributed by atoms with van der Waals surface area (Å²) < 4.78 is 16.6. The van der Waals surface area contributed by atoms with E-state index in [-0.39, 0.29) is 18.0 Å². The molecule has 4 atom stereocenters. The number of methoxy groups -OCH3 is 2. The zero-order valence-corrected chi connectivity index (χ0v) is 29.6. The van der Waals surface area contributed by atoms with Crippen LogP contribution >= 0.6 is 0 Å². The van der Waals surface area contributed by atoms with Gasteiger partial charge in [0.25, 0.3) is 5.91 Å². The largest absolute Gasteiger partial charge is 0.488 e. The molecule has 2 amide bonds. The maximum absolute atomic E-state index is 14.0. The smallest absolute Gasteiger partial charge is 0.407 e. The summed E-state index contributed by atoms with van der Waals surface area (Å²) in [6.07, 6.45) is 3.84. The second kappa shape index (κ2) is 13.7. The van der Waals surface area contributed by atoms with Crippen molar-refractivity contribution >= 4 is 33.8 Å². The number of likely N-dealkylation sites (tertiary alicyclic amines) is 1. The number of carbonyl (C=O) groups is 2. The molecule has 0 saturated carbocycles. The lowest BCUT2D eigenvalue weighted by atomic mass is 9.92. The Balaban J connectivity index is 0.987. The van der Waals surface area contributed by atoms with Gasteiger partial charge in [0.2, 0.25) is 0 Å². The molecule has 3 aliphatic rings. The van der Waals surface area contributed by atoms with Crippen LogP contribution in [0.15, 0.2) is 79.0 Å². The van der Waals surface area contributed by atoms with Crippen LogP contribution in [0.3, 0.4) is 0 Å². The third-order valence-corrected chi connectivity index (χ3v) is 10.9. The zero-order valence-electron chi connectivity index (χ0n) is 29.6. The van der Waals surface area contributed by atoms with Crippen molar-refractivity contribution in [1.82, 2.24) is 35.5 Å². The van der Waals surface area contributed by atoms with E-state index in [9.17, 15) is 9.59 Å². The SMILES string of the molecule is COC[C@@H]1CN[C@H](c2ncc(-c3ccc4c(c3)COc3cc5c(ccc6[nH]c([C@@H]7CCCN7C(=O)[C@H](NC(=O)OC)c7ccccc7)nc65)cc3-4)[nH]2)C1. The number of H-pyrrole nitrogens is 2. The van der Waals surface area contributed by atoms with Crippen LogP contribution in [-0.4, -0.2) is 70.8 Å². The molecule has 2 saturated heterocycles. The van der Waals surface area contributed by atoms with Crippen molar-refractivity contribution in [2.24, 2.45) is 5.92 Å². The maximum atomic E-state index is 14.0. The number of benzene rings is 4. The van der Waals surface area contributed by atoms with Gasteiger partial charge in [-0.2, -0.15) is 0 Å². The van der Waals surface area contributed by atoms with E-state index < -0.39 is 12.1 Å². The molecule has 0 spiro atoms. The molecule has 5 heterocycles. The standard InChI is InChI=1S/C41H41N7O5/c1-51-21-23-15-32(42-19-23)38-43-20-33(45-38)26-10-12-28-27(16-26)22-53-35-18-29-25(17-30(28)35)11-13-31-37(29)46-39(44-31)34-9-6-14-48(34)40(49)36(47-41(50)52-2)24-7-4-3-5-8-24/h3-5,7-8,10-13,16-18,20,23,32,34,36,42H,6,9,14-15,19,21-22H2,1-2H3,(H,43,45)(H,44,46)(H,47,50)/t23-,32-,34-,36+/m0/s1. The maximum Gasteiger partial charge on any atom is 0.407 e. The molecular weight excluding hydrogens is 670 g/mol. The first-order valence-corrected chi connectivity index (χ1v) is 18.2. The average molecular weight is 712 g/mol. The number of hydrogen-bond donors (Lipinski definition) is 4. The molecule has 12 heteroatoms. The first-order valence-electron chi connectivity index (χ1n) is 18.2. The Bertz CT molecular complexity index is 2340. The number of rotatable bonds is 8. The number of nitrogens with one attached hydrogen (secondary N) is 4. The van der Waals surface area contributed by atoms with E-state index >= 15 is 0 Å². The van der Waals surface area contributed by atoms with Crippen LogP contribution in [0, 0.1) is 5.92 Å². The molecule has 0 unspecified atom stereocenters. The van der Waals surface area contributed by atoms with Gasteiger partial charge in [-0.3, -0.25) is 4.79 Å². The summed E-state index contributed by atoms with van der Waals surface area (Å²) in [4.78, 5) is 45.0. The van der Waals surface area contributed by atoms with Crippen molar-refractivity contribution in [3.63, 3.8) is 0 Å². The van der Waals surface area contributed by atoms with Crippen LogP contribution in [-0.2, 0) is 20.9 Å². The summed E-state index contributed by atoms with van der Waals surface area (Å²) in [6, 6.07) is 23.2. The number of carbonyl (C=O) groups excluding carboxylic acids is 2. The minimum atomic E-state index is -0.877. The molecule has 3 aliphatic heterocycles. The van der Waals surface area contributed by atoms with Crippen molar-refractivity contribution in [2.45, 2.75) is 44.0 Å². The Kier molecular flexibility index (Phi) is 8.55. The Morgan fingerprint density at radius 2 is 1.91 bits per heavy atom. The summed E-state index contributed by atoms with van der Waals surface area (Å²) in [5.41, 5.74) is 7.78. The Morgan fingerprint density at radius 1 is 1.02 bits per heavy atom. The fourth-order valence-electron chi connectivity index (χ4n) is 8.26. The third-order valence-electron chi connectivity index (χ3n) is 10.9. The van der Waals surface area contributed by atoms with Gasteiger partial charge >= 0.3 is 6.09 Å². The fraction of sp³-hybridized carbons (Fsp3) is 0.317. The highest BCUT2D eigenvalue weighted by atomic mass is 16.5. The summed E-state index contributed by atoms with van der Waals surface area (Å²) in [7, 11) is 3.04. The highest BCUT2D eigenvalue weighted by Crippen LogP contribution is 2.43. The van der Waals surface area contributed by atoms with Crippen molar-refractivity contribution in [3.05, 3.63) is 102 Å². The van der Waals surface area contributed by atoms with E-state index in [0.717, 1.165) is 99.6 Å². The first-order chi connectivity index (χ1) is 26.0. The molecule has 2 aromatic heterocycles. The van der Waals surface area contributed by atoms with E-state index in [1.165, 1.54) is 7.11 Å². The van der Waals surface area contributed by atoms with Crippen LogP contribution in [0.5, 0.6) is 5.75 Å². The summed E-state index contributed by atoms with van der Waals surface area (Å²) in [6.45, 7) is 2.70. The van der Waals surface area contributed by atoms with Crippen LogP contribution in [0.25, 0.3) is 44.2 Å². The number of fused-ring (bicyclic) bond motifs is 6. The quantitative estimate of drug-likeness (QED) is 0.136. The monoisotopic (exact) mass is 711 g/mol. The molecule has 12 nitrogen and oxygen atoms in total. The highest BCUT2D eigenvalue weighted by Gasteiger charge is 2.37. The minimum Gasteiger partial charge on any atom is -0.488 e. The van der Waals surface area contributed by atoms with Gasteiger partial charge < -0.3 is 39.7 Å². The second-order valence-corrected chi connectivity index (χ2v) is 14.2. The average Bonchev–Trinajstić information content (AvgIpc) is 4.03. The van der Waals surface area contributed by atoms with Gasteiger partial charge in [0.1, 0.15) is 30.0 Å². The molecule has 0 aliphatic carbocycles. The highest BCUT2D eigenvalue weighted by molar-refractivity contribution is 6.07. The number of aromatic amines is 2. The summed E-state index contributed by atoms with van der Waals surface area (Å²) in [5.74, 6) is 2.78. The predicted octanol–water partition coefficient (Wildman–Crippen LogP) is 6.72. The Hall–Kier alpha value is -5.72. The summed E-state index contributed by atoms with van der Waals surface area (Å²) >= 11 is 0. The number of nitrogens with zero attached hydrogens (tertiary/aromatic N) is 3. The number of amides is 2. The Morgan fingerprint density at radius 3 is 2.75 bits per heavy atom. The van der Waals surface area contributed by atoms with Crippen molar-refractivity contribution in [3.8, 4) is 28.1 Å². The van der Waals surface area contributed by atoms with Crippen LogP contribution in [0.4, 0.5) is 4.79 Å². The van der Waals surface area contributed by atoms with E-state index in [4.69, 9.17) is 24.2 Å². The van der Waals surface area contributed by atoms with Crippen molar-refractivity contribution < 1.29 is 23.8 Å². The van der Waals surface area contributed by atoms with Gasteiger partial charge in [-0.1, -0.05) is 48.5 Å². The minimum absolute atomic E-state index is 0.198. The second-order valence-electron chi connectivity index (χ2n) is 14.2. The molecule has 270 valence electrons. The molecule has 4 aromatic carbocycles. The normalized spacial score (nSPS) is 19.9.